The number of aromatic nitrogens is 2. The van der Waals surface area contributed by atoms with Crippen molar-refractivity contribution in [1.29, 1.82) is 0 Å². The van der Waals surface area contributed by atoms with Crippen molar-refractivity contribution >= 4 is 33.8 Å². The molecule has 0 radical (unpaired) electrons. The van der Waals surface area contributed by atoms with E-state index in [1.54, 1.807) is 35.8 Å². The van der Waals surface area contributed by atoms with Gasteiger partial charge in [-0.05, 0) is 35.9 Å². The minimum atomic E-state index is -0.288. The lowest BCUT2D eigenvalue weighted by Gasteiger charge is -2.04. The molecule has 0 saturated heterocycles. The molecule has 0 unspecified atom stereocenters. The van der Waals surface area contributed by atoms with Gasteiger partial charge in [-0.1, -0.05) is 24.3 Å². The van der Waals surface area contributed by atoms with E-state index >= 15 is 0 Å². The van der Waals surface area contributed by atoms with Gasteiger partial charge in [-0.15, -0.1) is 11.3 Å². The zero-order valence-corrected chi connectivity index (χ0v) is 14.5. The molecule has 0 spiro atoms. The number of rotatable bonds is 4. The van der Waals surface area contributed by atoms with E-state index in [2.05, 4.69) is 15.3 Å². The predicted octanol–water partition coefficient (Wildman–Crippen LogP) is 4.67. The van der Waals surface area contributed by atoms with E-state index in [-0.39, 0.29) is 11.7 Å². The summed E-state index contributed by atoms with van der Waals surface area (Å²) in [5, 5.41) is 6.18. The minimum absolute atomic E-state index is 0.265. The molecular formula is C20H14FN3OS. The van der Waals surface area contributed by atoms with Crippen molar-refractivity contribution in [2.45, 2.75) is 6.42 Å². The standard InChI is InChI=1S/C20H14FN3OS/c21-16-6-2-1-4-13(16)11-19-24-18(12-26-19)20(25)23-15-7-8-17-14(10-15)5-3-9-22-17/h1-10,12H,11H2,(H,23,25). The fourth-order valence-corrected chi connectivity index (χ4v) is 3.45. The van der Waals surface area contributed by atoms with Gasteiger partial charge in [0, 0.05) is 29.1 Å². The molecule has 2 heterocycles. The van der Waals surface area contributed by atoms with Crippen LogP contribution < -0.4 is 5.32 Å². The summed E-state index contributed by atoms with van der Waals surface area (Å²) in [5.74, 6) is -0.553. The van der Waals surface area contributed by atoms with E-state index in [9.17, 15) is 9.18 Å². The molecule has 0 bridgehead atoms. The Labute approximate surface area is 153 Å². The van der Waals surface area contributed by atoms with E-state index in [0.717, 1.165) is 10.9 Å². The highest BCUT2D eigenvalue weighted by molar-refractivity contribution is 7.09. The number of carbonyl (C=O) groups excluding carboxylic acids is 1. The third kappa shape index (κ3) is 3.45. The average molecular weight is 363 g/mol. The molecule has 0 saturated carbocycles. The second kappa shape index (κ2) is 7.01. The van der Waals surface area contributed by atoms with Gasteiger partial charge in [0.15, 0.2) is 0 Å². The van der Waals surface area contributed by atoms with Gasteiger partial charge < -0.3 is 5.32 Å². The van der Waals surface area contributed by atoms with Crippen molar-refractivity contribution in [3.05, 3.63) is 88.3 Å². The van der Waals surface area contributed by atoms with Crippen molar-refractivity contribution in [3.8, 4) is 0 Å². The maximum Gasteiger partial charge on any atom is 0.275 e. The Kier molecular flexibility index (Phi) is 4.41. The largest absolute Gasteiger partial charge is 0.321 e. The van der Waals surface area contributed by atoms with Crippen LogP contribution in [0.25, 0.3) is 10.9 Å². The number of fused-ring (bicyclic) bond motifs is 1. The molecule has 2 aromatic carbocycles. The SMILES string of the molecule is O=C(Nc1ccc2ncccc2c1)c1csc(Cc2ccccc2F)n1. The van der Waals surface area contributed by atoms with Gasteiger partial charge in [0.2, 0.25) is 0 Å². The van der Waals surface area contributed by atoms with Gasteiger partial charge in [-0.3, -0.25) is 9.78 Å². The molecule has 6 heteroatoms. The van der Waals surface area contributed by atoms with E-state index in [0.29, 0.717) is 28.4 Å². The Morgan fingerprint density at radius 1 is 1.12 bits per heavy atom. The van der Waals surface area contributed by atoms with Crippen LogP contribution in [-0.2, 0) is 6.42 Å². The maximum atomic E-state index is 13.7. The summed E-state index contributed by atoms with van der Waals surface area (Å²) in [7, 11) is 0. The van der Waals surface area contributed by atoms with Crippen molar-refractivity contribution in [3.63, 3.8) is 0 Å². The Bertz CT molecular complexity index is 1090. The summed E-state index contributed by atoms with van der Waals surface area (Å²) in [5.41, 5.74) is 2.44. The molecule has 4 rings (SSSR count). The highest BCUT2D eigenvalue weighted by atomic mass is 32.1. The Balaban J connectivity index is 1.49. The number of thiazole rings is 1. The van der Waals surface area contributed by atoms with Crippen LogP contribution >= 0.6 is 11.3 Å². The molecule has 0 aliphatic carbocycles. The van der Waals surface area contributed by atoms with E-state index in [4.69, 9.17) is 0 Å². The lowest BCUT2D eigenvalue weighted by molar-refractivity contribution is 0.102. The molecule has 4 nitrogen and oxygen atoms in total. The first-order chi connectivity index (χ1) is 12.7. The quantitative estimate of drug-likeness (QED) is 0.573. The smallest absolute Gasteiger partial charge is 0.275 e. The van der Waals surface area contributed by atoms with Crippen LogP contribution in [-0.4, -0.2) is 15.9 Å². The average Bonchev–Trinajstić information content (AvgIpc) is 3.12. The number of pyridine rings is 1. The zero-order valence-electron chi connectivity index (χ0n) is 13.6. The first kappa shape index (κ1) is 16.4. The fourth-order valence-electron chi connectivity index (χ4n) is 2.65. The van der Waals surface area contributed by atoms with E-state index in [1.165, 1.54) is 17.4 Å². The molecule has 128 valence electrons. The van der Waals surface area contributed by atoms with Crippen LogP contribution in [0.5, 0.6) is 0 Å². The van der Waals surface area contributed by atoms with Crippen LogP contribution in [0.15, 0.2) is 66.2 Å². The summed E-state index contributed by atoms with van der Waals surface area (Å²) < 4.78 is 13.7. The summed E-state index contributed by atoms with van der Waals surface area (Å²) in [6.07, 6.45) is 2.10. The second-order valence-electron chi connectivity index (χ2n) is 5.76. The molecule has 2 aromatic heterocycles. The van der Waals surface area contributed by atoms with Crippen molar-refractivity contribution in [1.82, 2.24) is 9.97 Å². The summed E-state index contributed by atoms with van der Waals surface area (Å²) in [4.78, 5) is 21.0. The van der Waals surface area contributed by atoms with E-state index in [1.807, 2.05) is 24.3 Å². The molecule has 0 fully saturated rings. The second-order valence-corrected chi connectivity index (χ2v) is 6.70. The lowest BCUT2D eigenvalue weighted by atomic mass is 10.1. The summed E-state index contributed by atoms with van der Waals surface area (Å²) >= 11 is 1.35. The fraction of sp³-hybridized carbons (Fsp3) is 0.0500. The highest BCUT2D eigenvalue weighted by Crippen LogP contribution is 2.20. The molecule has 0 aliphatic rings. The van der Waals surface area contributed by atoms with Gasteiger partial charge in [-0.2, -0.15) is 0 Å². The number of nitrogens with one attached hydrogen (secondary N) is 1. The number of anilines is 1. The molecule has 1 amide bonds. The van der Waals surface area contributed by atoms with Gasteiger partial charge in [0.05, 0.1) is 10.5 Å². The highest BCUT2D eigenvalue weighted by Gasteiger charge is 2.13. The van der Waals surface area contributed by atoms with Crippen molar-refractivity contribution in [2.75, 3.05) is 5.32 Å². The molecule has 0 aliphatic heterocycles. The predicted molar refractivity (Wildman–Crippen MR) is 101 cm³/mol. The Morgan fingerprint density at radius 3 is 2.88 bits per heavy atom. The van der Waals surface area contributed by atoms with Crippen LogP contribution in [0.4, 0.5) is 10.1 Å². The van der Waals surface area contributed by atoms with Crippen molar-refractivity contribution < 1.29 is 9.18 Å². The molecule has 1 N–H and O–H groups in total. The number of amides is 1. The number of halogens is 1. The van der Waals surface area contributed by atoms with Crippen LogP contribution in [0.1, 0.15) is 21.1 Å². The summed E-state index contributed by atoms with van der Waals surface area (Å²) in [6, 6.07) is 15.9. The number of nitrogens with zero attached hydrogens (tertiary/aromatic N) is 2. The Hall–Kier alpha value is -3.12. The van der Waals surface area contributed by atoms with Gasteiger partial charge in [0.1, 0.15) is 11.5 Å². The number of hydrogen-bond acceptors (Lipinski definition) is 4. The molecule has 26 heavy (non-hydrogen) atoms. The molecule has 4 aromatic rings. The monoisotopic (exact) mass is 363 g/mol. The summed E-state index contributed by atoms with van der Waals surface area (Å²) in [6.45, 7) is 0. The normalized spacial score (nSPS) is 10.8. The maximum absolute atomic E-state index is 13.7. The van der Waals surface area contributed by atoms with Crippen LogP contribution in [0.2, 0.25) is 0 Å². The van der Waals surface area contributed by atoms with Gasteiger partial charge in [-0.25, -0.2) is 9.37 Å². The number of benzene rings is 2. The van der Waals surface area contributed by atoms with E-state index < -0.39 is 0 Å². The minimum Gasteiger partial charge on any atom is -0.321 e. The topological polar surface area (TPSA) is 54.9 Å². The number of carbonyl (C=O) groups is 1. The zero-order chi connectivity index (χ0) is 17.9. The third-order valence-corrected chi connectivity index (χ3v) is 4.79. The molecular weight excluding hydrogens is 349 g/mol. The lowest BCUT2D eigenvalue weighted by Crippen LogP contribution is -2.12. The van der Waals surface area contributed by atoms with Gasteiger partial charge >= 0.3 is 0 Å². The third-order valence-electron chi connectivity index (χ3n) is 3.94. The number of hydrogen-bond donors (Lipinski definition) is 1. The first-order valence-corrected chi connectivity index (χ1v) is 8.91. The molecule has 0 atom stereocenters. The van der Waals surface area contributed by atoms with Crippen LogP contribution in [0.3, 0.4) is 0 Å². The first-order valence-electron chi connectivity index (χ1n) is 8.03. The van der Waals surface area contributed by atoms with Crippen LogP contribution in [0, 0.1) is 5.82 Å². The Morgan fingerprint density at radius 2 is 2.00 bits per heavy atom. The van der Waals surface area contributed by atoms with Gasteiger partial charge in [0.25, 0.3) is 5.91 Å². The van der Waals surface area contributed by atoms with Crippen molar-refractivity contribution in [2.24, 2.45) is 0 Å².